The zero-order valence-corrected chi connectivity index (χ0v) is 15.8. The lowest BCUT2D eigenvalue weighted by atomic mass is 10.2. The number of carbonyl (C=O) groups excluding carboxylic acids is 2. The molecule has 2 N–H and O–H groups in total. The molecule has 2 rings (SSSR count). The van der Waals surface area contributed by atoms with Gasteiger partial charge in [-0.25, -0.2) is 0 Å². The summed E-state index contributed by atoms with van der Waals surface area (Å²) in [6, 6.07) is 10.3. The van der Waals surface area contributed by atoms with Gasteiger partial charge in [0, 0.05) is 17.1 Å². The van der Waals surface area contributed by atoms with Crippen molar-refractivity contribution in [2.75, 3.05) is 26.2 Å². The van der Waals surface area contributed by atoms with E-state index in [1.165, 1.54) is 0 Å². The van der Waals surface area contributed by atoms with E-state index in [0.717, 1.165) is 18.8 Å². The van der Waals surface area contributed by atoms with Gasteiger partial charge in [0.25, 0.3) is 5.91 Å². The lowest BCUT2D eigenvalue weighted by Gasteiger charge is -2.28. The SMILES string of the molecule is CCN(CC)C(CNC(=O)CNC(=O)c1cccc(Cl)c1)c1ccco1. The monoisotopic (exact) mass is 377 g/mol. The minimum atomic E-state index is -0.339. The normalized spacial score (nSPS) is 12.0. The summed E-state index contributed by atoms with van der Waals surface area (Å²) in [5, 5.41) is 5.93. The van der Waals surface area contributed by atoms with Gasteiger partial charge in [-0.05, 0) is 43.4 Å². The van der Waals surface area contributed by atoms with E-state index in [1.807, 2.05) is 12.1 Å². The van der Waals surface area contributed by atoms with Crippen LogP contribution in [0.25, 0.3) is 0 Å². The summed E-state index contributed by atoms with van der Waals surface area (Å²) >= 11 is 5.87. The van der Waals surface area contributed by atoms with Gasteiger partial charge in [-0.15, -0.1) is 0 Å². The van der Waals surface area contributed by atoms with E-state index < -0.39 is 0 Å². The van der Waals surface area contributed by atoms with Crippen LogP contribution in [-0.4, -0.2) is 42.9 Å². The first-order valence-corrected chi connectivity index (χ1v) is 9.00. The van der Waals surface area contributed by atoms with Gasteiger partial charge in [-0.2, -0.15) is 0 Å². The molecule has 6 nitrogen and oxygen atoms in total. The summed E-state index contributed by atoms with van der Waals surface area (Å²) in [7, 11) is 0. The molecule has 0 aliphatic carbocycles. The highest BCUT2D eigenvalue weighted by atomic mass is 35.5. The van der Waals surface area contributed by atoms with Crippen LogP contribution in [0.1, 0.15) is 36.0 Å². The molecule has 1 aromatic carbocycles. The second-order valence-corrected chi connectivity index (χ2v) is 6.19. The molecule has 1 aromatic heterocycles. The maximum atomic E-state index is 12.1. The number of carbonyl (C=O) groups is 2. The second-order valence-electron chi connectivity index (χ2n) is 5.75. The third-order valence-electron chi connectivity index (χ3n) is 4.11. The molecular weight excluding hydrogens is 354 g/mol. The summed E-state index contributed by atoms with van der Waals surface area (Å²) in [5.74, 6) is 0.204. The lowest BCUT2D eigenvalue weighted by molar-refractivity contribution is -0.120. The van der Waals surface area contributed by atoms with Gasteiger partial charge in [0.2, 0.25) is 5.91 Å². The van der Waals surface area contributed by atoms with E-state index in [-0.39, 0.29) is 24.4 Å². The lowest BCUT2D eigenvalue weighted by Crippen LogP contribution is -2.42. The van der Waals surface area contributed by atoms with Crippen LogP contribution in [0.3, 0.4) is 0 Å². The van der Waals surface area contributed by atoms with Crippen LogP contribution in [0.4, 0.5) is 0 Å². The summed E-state index contributed by atoms with van der Waals surface area (Å²) in [4.78, 5) is 26.4. The highest BCUT2D eigenvalue weighted by Gasteiger charge is 2.21. The topological polar surface area (TPSA) is 74.6 Å². The molecule has 0 fully saturated rings. The Morgan fingerprint density at radius 2 is 1.92 bits per heavy atom. The Kier molecular flexibility index (Phi) is 7.69. The van der Waals surface area contributed by atoms with Crippen LogP contribution >= 0.6 is 11.6 Å². The molecule has 0 spiro atoms. The fraction of sp³-hybridized carbons (Fsp3) is 0.368. The number of furan rings is 1. The van der Waals surface area contributed by atoms with E-state index in [9.17, 15) is 9.59 Å². The molecule has 1 unspecified atom stereocenters. The van der Waals surface area contributed by atoms with E-state index in [2.05, 4.69) is 29.4 Å². The molecule has 0 saturated heterocycles. The van der Waals surface area contributed by atoms with Gasteiger partial charge in [0.15, 0.2) is 0 Å². The summed E-state index contributed by atoms with van der Waals surface area (Å²) < 4.78 is 5.50. The molecule has 7 heteroatoms. The van der Waals surface area contributed by atoms with Crippen molar-refractivity contribution in [1.29, 1.82) is 0 Å². The molecule has 0 radical (unpaired) electrons. The Morgan fingerprint density at radius 1 is 1.15 bits per heavy atom. The van der Waals surface area contributed by atoms with Crippen LogP contribution in [-0.2, 0) is 4.79 Å². The molecule has 2 aromatic rings. The Balaban J connectivity index is 1.87. The van der Waals surface area contributed by atoms with Crippen LogP contribution < -0.4 is 10.6 Å². The van der Waals surface area contributed by atoms with Crippen molar-refractivity contribution in [2.45, 2.75) is 19.9 Å². The van der Waals surface area contributed by atoms with Crippen LogP contribution in [0.15, 0.2) is 47.1 Å². The van der Waals surface area contributed by atoms with Gasteiger partial charge < -0.3 is 15.1 Å². The minimum Gasteiger partial charge on any atom is -0.468 e. The highest BCUT2D eigenvalue weighted by molar-refractivity contribution is 6.30. The molecular formula is C19H24ClN3O3. The van der Waals surface area contributed by atoms with E-state index in [1.54, 1.807) is 30.5 Å². The van der Waals surface area contributed by atoms with Crippen molar-refractivity contribution in [2.24, 2.45) is 0 Å². The number of amides is 2. The first kappa shape index (κ1) is 20.0. The maximum Gasteiger partial charge on any atom is 0.251 e. The molecule has 0 saturated carbocycles. The smallest absolute Gasteiger partial charge is 0.251 e. The number of benzene rings is 1. The Hall–Kier alpha value is -2.31. The Bertz CT molecular complexity index is 715. The van der Waals surface area contributed by atoms with Crippen LogP contribution in [0, 0.1) is 0 Å². The van der Waals surface area contributed by atoms with Crippen LogP contribution in [0.2, 0.25) is 5.02 Å². The number of hydrogen-bond donors (Lipinski definition) is 2. The van der Waals surface area contributed by atoms with Gasteiger partial charge in [-0.3, -0.25) is 14.5 Å². The molecule has 0 bridgehead atoms. The fourth-order valence-corrected chi connectivity index (χ4v) is 2.91. The molecule has 0 aliphatic rings. The van der Waals surface area contributed by atoms with E-state index >= 15 is 0 Å². The van der Waals surface area contributed by atoms with Crippen molar-refractivity contribution in [1.82, 2.24) is 15.5 Å². The maximum absolute atomic E-state index is 12.1. The van der Waals surface area contributed by atoms with Gasteiger partial charge >= 0.3 is 0 Å². The summed E-state index contributed by atoms with van der Waals surface area (Å²) in [5.41, 5.74) is 0.418. The van der Waals surface area contributed by atoms with Crippen molar-refractivity contribution < 1.29 is 14.0 Å². The van der Waals surface area contributed by atoms with Crippen molar-refractivity contribution in [3.8, 4) is 0 Å². The van der Waals surface area contributed by atoms with Gasteiger partial charge in [0.05, 0.1) is 18.8 Å². The first-order chi connectivity index (χ1) is 12.5. The summed E-state index contributed by atoms with van der Waals surface area (Å²) in [6.45, 7) is 6.10. The average molecular weight is 378 g/mol. The highest BCUT2D eigenvalue weighted by Crippen LogP contribution is 2.20. The number of nitrogens with one attached hydrogen (secondary N) is 2. The molecule has 140 valence electrons. The molecule has 1 atom stereocenters. The van der Waals surface area contributed by atoms with Gasteiger partial charge in [-0.1, -0.05) is 31.5 Å². The Labute approximate surface area is 158 Å². The zero-order valence-electron chi connectivity index (χ0n) is 15.0. The standard InChI is InChI=1S/C19H24ClN3O3/c1-3-23(4-2)16(17-9-6-10-26-17)12-21-18(24)13-22-19(25)14-7-5-8-15(20)11-14/h5-11,16H,3-4,12-13H2,1-2H3,(H,21,24)(H,22,25). The summed E-state index contributed by atoms with van der Waals surface area (Å²) in [6.07, 6.45) is 1.62. The van der Waals surface area contributed by atoms with Crippen molar-refractivity contribution in [3.05, 3.63) is 59.0 Å². The minimum absolute atomic E-state index is 0.0485. The molecule has 1 heterocycles. The van der Waals surface area contributed by atoms with Crippen LogP contribution in [0.5, 0.6) is 0 Å². The number of nitrogens with zero attached hydrogens (tertiary/aromatic N) is 1. The number of likely N-dealkylation sites (N-methyl/N-ethyl adjacent to an activating group) is 1. The zero-order chi connectivity index (χ0) is 18.9. The number of halogens is 1. The number of hydrogen-bond acceptors (Lipinski definition) is 4. The predicted molar refractivity (Wildman–Crippen MR) is 101 cm³/mol. The first-order valence-electron chi connectivity index (χ1n) is 8.63. The fourth-order valence-electron chi connectivity index (χ4n) is 2.72. The third-order valence-corrected chi connectivity index (χ3v) is 4.35. The van der Waals surface area contributed by atoms with Gasteiger partial charge in [0.1, 0.15) is 5.76 Å². The van der Waals surface area contributed by atoms with E-state index in [0.29, 0.717) is 17.1 Å². The third kappa shape index (κ3) is 5.61. The molecule has 0 aliphatic heterocycles. The second kappa shape index (κ2) is 9.99. The Morgan fingerprint density at radius 3 is 2.54 bits per heavy atom. The van der Waals surface area contributed by atoms with Crippen molar-refractivity contribution >= 4 is 23.4 Å². The molecule has 26 heavy (non-hydrogen) atoms. The largest absolute Gasteiger partial charge is 0.468 e. The van der Waals surface area contributed by atoms with Crippen molar-refractivity contribution in [3.63, 3.8) is 0 Å². The van der Waals surface area contributed by atoms with E-state index in [4.69, 9.17) is 16.0 Å². The quantitative estimate of drug-likeness (QED) is 0.704. The predicted octanol–water partition coefficient (Wildman–Crippen LogP) is 2.86. The number of rotatable bonds is 9. The average Bonchev–Trinajstić information content (AvgIpc) is 3.17. The molecule has 2 amide bonds.